The van der Waals surface area contributed by atoms with Gasteiger partial charge < -0.3 is 5.11 Å². The molecule has 3 heteroatoms. The molecule has 1 N–H and O–H groups in total. The van der Waals surface area contributed by atoms with Crippen molar-refractivity contribution in [2.24, 2.45) is 0 Å². The van der Waals surface area contributed by atoms with Gasteiger partial charge in [0.2, 0.25) is 0 Å². The summed E-state index contributed by atoms with van der Waals surface area (Å²) in [7, 11) is 0. The molecule has 0 amide bonds. The lowest BCUT2D eigenvalue weighted by molar-refractivity contribution is 0.101. The molecule has 0 saturated carbocycles. The molecule has 0 bridgehead atoms. The van der Waals surface area contributed by atoms with Gasteiger partial charge in [-0.15, -0.1) is 0 Å². The van der Waals surface area contributed by atoms with Gasteiger partial charge in [0, 0.05) is 17.5 Å². The van der Waals surface area contributed by atoms with Crippen molar-refractivity contribution < 1.29 is 14.3 Å². The quantitative estimate of drug-likeness (QED) is 0.591. The number of carbonyl (C=O) groups excluding carboxylic acids is 1. The molecule has 0 heterocycles. The van der Waals surface area contributed by atoms with Crippen LogP contribution in [0.2, 0.25) is 0 Å². The molecule has 1 aromatic carbocycles. The van der Waals surface area contributed by atoms with Crippen molar-refractivity contribution >= 4 is 5.78 Å². The van der Waals surface area contributed by atoms with Gasteiger partial charge >= 0.3 is 0 Å². The number of hydrogen-bond acceptors (Lipinski definition) is 2. The van der Waals surface area contributed by atoms with Crippen LogP contribution in [0.1, 0.15) is 29.3 Å². The molecule has 0 aromatic heterocycles. The normalized spacial score (nSPS) is 9.27. The maximum Gasteiger partial charge on any atom is 0.161 e. The Hall–Kier alpha value is -1.66. The molecule has 0 spiro atoms. The highest BCUT2D eigenvalue weighted by Crippen LogP contribution is 2.11. The van der Waals surface area contributed by atoms with E-state index in [4.69, 9.17) is 5.11 Å². The van der Waals surface area contributed by atoms with E-state index >= 15 is 0 Å². The molecule has 0 fully saturated rings. The van der Waals surface area contributed by atoms with Gasteiger partial charge in [-0.25, -0.2) is 4.39 Å². The summed E-state index contributed by atoms with van der Waals surface area (Å²) in [5, 5.41) is 8.54. The van der Waals surface area contributed by atoms with Gasteiger partial charge in [-0.2, -0.15) is 0 Å². The number of rotatable bonds is 2. The van der Waals surface area contributed by atoms with E-state index in [1.165, 1.54) is 25.1 Å². The molecule has 1 aromatic rings. The van der Waals surface area contributed by atoms with Gasteiger partial charge in [0.1, 0.15) is 5.82 Å². The Balaban J connectivity index is 3.08. The SMILES string of the molecule is CC(=O)c1cc(F)ccc1C#CCCO. The lowest BCUT2D eigenvalue weighted by atomic mass is 10.0. The first kappa shape index (κ1) is 11.4. The third-order valence-corrected chi connectivity index (χ3v) is 1.82. The van der Waals surface area contributed by atoms with Gasteiger partial charge in [-0.3, -0.25) is 4.79 Å². The third kappa shape index (κ3) is 3.19. The summed E-state index contributed by atoms with van der Waals surface area (Å²) in [5.41, 5.74) is 0.776. The predicted molar refractivity (Wildman–Crippen MR) is 55.0 cm³/mol. The first-order valence-electron chi connectivity index (χ1n) is 4.55. The lowest BCUT2D eigenvalue weighted by Crippen LogP contribution is -1.97. The van der Waals surface area contributed by atoms with Crippen LogP contribution in [-0.2, 0) is 0 Å². The van der Waals surface area contributed by atoms with E-state index in [0.29, 0.717) is 12.0 Å². The fourth-order valence-electron chi connectivity index (χ4n) is 1.13. The highest BCUT2D eigenvalue weighted by atomic mass is 19.1. The summed E-state index contributed by atoms with van der Waals surface area (Å²) in [6.45, 7) is 1.34. The fraction of sp³-hybridized carbons (Fsp3) is 0.250. The monoisotopic (exact) mass is 206 g/mol. The van der Waals surface area contributed by atoms with Crippen molar-refractivity contribution in [3.63, 3.8) is 0 Å². The largest absolute Gasteiger partial charge is 0.395 e. The molecular formula is C12H11FO2. The number of ketones is 1. The average Bonchev–Trinajstić information content (AvgIpc) is 2.20. The summed E-state index contributed by atoms with van der Waals surface area (Å²) in [4.78, 5) is 11.2. The molecule has 2 nitrogen and oxygen atoms in total. The van der Waals surface area contributed by atoms with Crippen LogP contribution in [0, 0.1) is 17.7 Å². The summed E-state index contributed by atoms with van der Waals surface area (Å²) in [6, 6.07) is 3.90. The molecule has 15 heavy (non-hydrogen) atoms. The summed E-state index contributed by atoms with van der Waals surface area (Å²) in [5.74, 6) is 4.75. The highest BCUT2D eigenvalue weighted by Gasteiger charge is 2.06. The first-order chi connectivity index (χ1) is 7.15. The second-order valence-electron chi connectivity index (χ2n) is 3.02. The van der Waals surface area contributed by atoms with Crippen LogP contribution >= 0.6 is 0 Å². The Morgan fingerprint density at radius 3 is 2.87 bits per heavy atom. The van der Waals surface area contributed by atoms with E-state index in [9.17, 15) is 9.18 Å². The Labute approximate surface area is 87.7 Å². The van der Waals surface area contributed by atoms with Crippen molar-refractivity contribution in [3.05, 3.63) is 35.1 Å². The zero-order chi connectivity index (χ0) is 11.3. The molecule has 0 radical (unpaired) electrons. The minimum atomic E-state index is -0.451. The number of benzene rings is 1. The molecule has 0 atom stereocenters. The van der Waals surface area contributed by atoms with Crippen LogP contribution in [0.15, 0.2) is 18.2 Å². The molecular weight excluding hydrogens is 195 g/mol. The van der Waals surface area contributed by atoms with Crippen LogP contribution in [0.3, 0.4) is 0 Å². The molecule has 0 aliphatic heterocycles. The van der Waals surface area contributed by atoms with E-state index in [1.807, 2.05) is 0 Å². The zero-order valence-corrected chi connectivity index (χ0v) is 8.38. The van der Waals surface area contributed by atoms with Crippen LogP contribution in [0.25, 0.3) is 0 Å². The maximum absolute atomic E-state index is 12.9. The van der Waals surface area contributed by atoms with Crippen LogP contribution in [-0.4, -0.2) is 17.5 Å². The average molecular weight is 206 g/mol. The highest BCUT2D eigenvalue weighted by molar-refractivity contribution is 5.96. The van der Waals surface area contributed by atoms with E-state index in [0.717, 1.165) is 0 Å². The Kier molecular flexibility index (Phi) is 4.02. The van der Waals surface area contributed by atoms with Gasteiger partial charge in [0.15, 0.2) is 5.78 Å². The standard InChI is InChI=1S/C12H11FO2/c1-9(15)12-8-11(13)6-5-10(12)4-2-3-7-14/h5-6,8,14H,3,7H2,1H3. The van der Waals surface area contributed by atoms with E-state index in [-0.39, 0.29) is 18.0 Å². The van der Waals surface area contributed by atoms with Crippen LogP contribution in [0.4, 0.5) is 4.39 Å². The fourth-order valence-corrected chi connectivity index (χ4v) is 1.13. The van der Waals surface area contributed by atoms with Crippen molar-refractivity contribution in [3.8, 4) is 11.8 Å². The minimum Gasteiger partial charge on any atom is -0.395 e. The van der Waals surface area contributed by atoms with Gasteiger partial charge in [0.25, 0.3) is 0 Å². The van der Waals surface area contributed by atoms with Gasteiger partial charge in [0.05, 0.1) is 6.61 Å². The smallest absolute Gasteiger partial charge is 0.161 e. The minimum absolute atomic E-state index is 0.0242. The number of aliphatic hydroxyl groups is 1. The Morgan fingerprint density at radius 1 is 1.53 bits per heavy atom. The molecule has 0 aliphatic rings. The number of halogens is 1. The van der Waals surface area contributed by atoms with E-state index in [1.54, 1.807) is 0 Å². The lowest BCUT2D eigenvalue weighted by Gasteiger charge is -1.99. The second-order valence-corrected chi connectivity index (χ2v) is 3.02. The summed E-state index contributed by atoms with van der Waals surface area (Å²) >= 11 is 0. The molecule has 0 aliphatic carbocycles. The number of aliphatic hydroxyl groups excluding tert-OH is 1. The Bertz CT molecular complexity index is 427. The topological polar surface area (TPSA) is 37.3 Å². The van der Waals surface area contributed by atoms with Crippen molar-refractivity contribution in [2.75, 3.05) is 6.61 Å². The summed E-state index contributed by atoms with van der Waals surface area (Å²) < 4.78 is 12.9. The number of carbonyl (C=O) groups is 1. The van der Waals surface area contributed by atoms with Crippen LogP contribution < -0.4 is 0 Å². The first-order valence-corrected chi connectivity index (χ1v) is 4.55. The number of hydrogen-bond donors (Lipinski definition) is 1. The van der Waals surface area contributed by atoms with Gasteiger partial charge in [-0.05, 0) is 25.1 Å². The summed E-state index contributed by atoms with van der Waals surface area (Å²) in [6.07, 6.45) is 0.342. The molecule has 0 unspecified atom stereocenters. The molecule has 78 valence electrons. The zero-order valence-electron chi connectivity index (χ0n) is 8.38. The van der Waals surface area contributed by atoms with Crippen LogP contribution in [0.5, 0.6) is 0 Å². The van der Waals surface area contributed by atoms with Crippen molar-refractivity contribution in [2.45, 2.75) is 13.3 Å². The third-order valence-electron chi connectivity index (χ3n) is 1.82. The van der Waals surface area contributed by atoms with Crippen molar-refractivity contribution in [1.29, 1.82) is 0 Å². The maximum atomic E-state index is 12.9. The molecule has 1 rings (SSSR count). The van der Waals surface area contributed by atoms with E-state index < -0.39 is 5.82 Å². The Morgan fingerprint density at radius 2 is 2.27 bits per heavy atom. The predicted octanol–water partition coefficient (Wildman–Crippen LogP) is 1.76. The number of Topliss-reactive ketones (excluding diaryl/α,β-unsaturated/α-hetero) is 1. The van der Waals surface area contributed by atoms with E-state index in [2.05, 4.69) is 11.8 Å². The second kappa shape index (κ2) is 5.28. The molecule has 0 saturated heterocycles. The van der Waals surface area contributed by atoms with Gasteiger partial charge in [-0.1, -0.05) is 11.8 Å². The van der Waals surface area contributed by atoms with Crippen molar-refractivity contribution in [1.82, 2.24) is 0 Å².